The third-order valence-electron chi connectivity index (χ3n) is 7.48. The minimum Gasteiger partial charge on any atom is -0.489 e. The van der Waals surface area contributed by atoms with Crippen molar-refractivity contribution in [3.63, 3.8) is 0 Å². The Balaban J connectivity index is 1.35. The largest absolute Gasteiger partial charge is 0.489 e. The molecule has 0 aromatic heterocycles. The van der Waals surface area contributed by atoms with E-state index in [9.17, 15) is 31.5 Å². The van der Waals surface area contributed by atoms with Gasteiger partial charge >= 0.3 is 18.8 Å². The SMILES string of the molecule is O=C(NCC1CCC(C(=O)O)CC1)c1ccc(N2C[C@@H](Oc3ccc(C(F)(F)F)cc3)C[C@H]2COC(F)F)cc1. The fourth-order valence-corrected chi connectivity index (χ4v) is 5.29. The highest BCUT2D eigenvalue weighted by molar-refractivity contribution is 5.94. The molecule has 0 bridgehead atoms. The molecular weight excluding hydrogens is 539 g/mol. The number of carbonyl (C=O) groups excluding carboxylic acids is 1. The summed E-state index contributed by atoms with van der Waals surface area (Å²) in [5, 5.41) is 12.0. The van der Waals surface area contributed by atoms with E-state index < -0.39 is 36.5 Å². The van der Waals surface area contributed by atoms with Crippen molar-refractivity contribution < 1.29 is 46.1 Å². The van der Waals surface area contributed by atoms with Crippen molar-refractivity contribution in [1.29, 1.82) is 0 Å². The molecule has 1 saturated carbocycles. The van der Waals surface area contributed by atoms with Crippen molar-refractivity contribution in [1.82, 2.24) is 5.32 Å². The van der Waals surface area contributed by atoms with Gasteiger partial charge in [-0.25, -0.2) is 0 Å². The van der Waals surface area contributed by atoms with Crippen molar-refractivity contribution in [2.24, 2.45) is 11.8 Å². The van der Waals surface area contributed by atoms with Gasteiger partial charge in [0.2, 0.25) is 0 Å². The van der Waals surface area contributed by atoms with Crippen molar-refractivity contribution in [2.45, 2.75) is 57.0 Å². The molecule has 12 heteroatoms. The van der Waals surface area contributed by atoms with E-state index in [1.165, 1.54) is 12.1 Å². The number of alkyl halides is 5. The van der Waals surface area contributed by atoms with Gasteiger partial charge in [0, 0.05) is 24.2 Å². The molecule has 2 N–H and O–H groups in total. The zero-order valence-corrected chi connectivity index (χ0v) is 21.6. The Kier molecular flexibility index (Phi) is 9.49. The van der Waals surface area contributed by atoms with Gasteiger partial charge in [-0.05, 0) is 80.1 Å². The number of amides is 1. The number of hydrogen-bond donors (Lipinski definition) is 2. The number of anilines is 1. The molecule has 1 aliphatic heterocycles. The Labute approximate surface area is 228 Å². The molecule has 40 heavy (non-hydrogen) atoms. The van der Waals surface area contributed by atoms with Crippen LogP contribution in [0.3, 0.4) is 0 Å². The lowest BCUT2D eigenvalue weighted by atomic mass is 9.82. The van der Waals surface area contributed by atoms with Gasteiger partial charge < -0.3 is 24.8 Å². The second-order valence-corrected chi connectivity index (χ2v) is 10.2. The van der Waals surface area contributed by atoms with E-state index in [1.54, 1.807) is 24.3 Å². The van der Waals surface area contributed by atoms with E-state index in [4.69, 9.17) is 9.84 Å². The molecule has 2 atom stereocenters. The summed E-state index contributed by atoms with van der Waals surface area (Å²) in [6.45, 7) is -2.50. The van der Waals surface area contributed by atoms with E-state index in [0.29, 0.717) is 37.1 Å². The van der Waals surface area contributed by atoms with Gasteiger partial charge in [0.1, 0.15) is 11.9 Å². The Morgan fingerprint density at radius 3 is 2.23 bits per heavy atom. The number of carboxylic acids is 1. The molecule has 0 radical (unpaired) electrons. The normalized spacial score (nSPS) is 23.3. The van der Waals surface area contributed by atoms with Crippen LogP contribution in [0.1, 0.15) is 48.0 Å². The van der Waals surface area contributed by atoms with Gasteiger partial charge in [0.25, 0.3) is 5.91 Å². The van der Waals surface area contributed by atoms with Crippen LogP contribution in [0, 0.1) is 11.8 Å². The zero-order chi connectivity index (χ0) is 28.9. The summed E-state index contributed by atoms with van der Waals surface area (Å²) in [5.41, 5.74) is 0.274. The third-order valence-corrected chi connectivity index (χ3v) is 7.48. The number of carboxylic acid groups (broad SMARTS) is 1. The first-order valence-corrected chi connectivity index (χ1v) is 13.1. The number of nitrogens with zero attached hydrogens (tertiary/aromatic N) is 1. The summed E-state index contributed by atoms with van der Waals surface area (Å²) in [7, 11) is 0. The van der Waals surface area contributed by atoms with Crippen LogP contribution in [0.4, 0.5) is 27.6 Å². The maximum atomic E-state index is 12.8. The van der Waals surface area contributed by atoms with E-state index in [-0.39, 0.29) is 36.6 Å². The van der Waals surface area contributed by atoms with Crippen molar-refractivity contribution in [3.05, 3.63) is 59.7 Å². The summed E-state index contributed by atoms with van der Waals surface area (Å²) < 4.78 is 74.5. The van der Waals surface area contributed by atoms with Crippen LogP contribution in [0.5, 0.6) is 5.75 Å². The number of hydrogen-bond acceptors (Lipinski definition) is 5. The average molecular weight is 571 g/mol. The molecule has 1 amide bonds. The Morgan fingerprint density at radius 1 is 1.00 bits per heavy atom. The highest BCUT2D eigenvalue weighted by Crippen LogP contribution is 2.33. The molecular formula is C28H31F5N2O5. The highest BCUT2D eigenvalue weighted by Gasteiger charge is 2.35. The van der Waals surface area contributed by atoms with E-state index in [2.05, 4.69) is 10.1 Å². The Hall–Kier alpha value is -3.41. The van der Waals surface area contributed by atoms with Gasteiger partial charge in [-0.2, -0.15) is 22.0 Å². The molecule has 0 spiro atoms. The topological polar surface area (TPSA) is 88.1 Å². The highest BCUT2D eigenvalue weighted by atomic mass is 19.4. The molecule has 1 aliphatic carbocycles. The minimum atomic E-state index is -4.47. The fourth-order valence-electron chi connectivity index (χ4n) is 5.29. The second-order valence-electron chi connectivity index (χ2n) is 10.2. The van der Waals surface area contributed by atoms with Crippen LogP contribution in [0.25, 0.3) is 0 Å². The number of aliphatic carboxylic acids is 1. The molecule has 2 aliphatic rings. The van der Waals surface area contributed by atoms with Gasteiger partial charge in [-0.3, -0.25) is 9.59 Å². The van der Waals surface area contributed by atoms with Crippen LogP contribution in [-0.4, -0.2) is 55.4 Å². The standard InChI is InChI=1S/C28H31F5N2O5/c29-27(30)39-16-22-13-24(40-23-11-7-20(8-12-23)28(31,32)33)15-35(22)21-9-5-18(6-10-21)25(36)34-14-17-1-3-19(4-2-17)26(37)38/h5-12,17,19,22,24,27H,1-4,13-16H2,(H,34,36)(H,37,38)/t17?,19?,22-,24-/m0/s1. The minimum absolute atomic E-state index is 0.223. The van der Waals surface area contributed by atoms with E-state index in [1.807, 2.05) is 4.90 Å². The number of rotatable bonds is 10. The van der Waals surface area contributed by atoms with Gasteiger partial charge in [-0.15, -0.1) is 0 Å². The van der Waals surface area contributed by atoms with Gasteiger partial charge in [0.15, 0.2) is 0 Å². The van der Waals surface area contributed by atoms with Crippen molar-refractivity contribution >= 4 is 17.6 Å². The molecule has 1 heterocycles. The van der Waals surface area contributed by atoms with E-state index >= 15 is 0 Å². The summed E-state index contributed by atoms with van der Waals surface area (Å²) in [4.78, 5) is 25.6. The fraction of sp³-hybridized carbons (Fsp3) is 0.500. The smallest absolute Gasteiger partial charge is 0.416 e. The Bertz CT molecular complexity index is 1140. The predicted molar refractivity (Wildman–Crippen MR) is 135 cm³/mol. The van der Waals surface area contributed by atoms with Crippen LogP contribution in [0.15, 0.2) is 48.5 Å². The maximum Gasteiger partial charge on any atom is 0.416 e. The maximum absolute atomic E-state index is 12.8. The quantitative estimate of drug-likeness (QED) is 0.362. The first-order valence-electron chi connectivity index (χ1n) is 13.1. The summed E-state index contributed by atoms with van der Waals surface area (Å²) >= 11 is 0. The molecule has 0 unspecified atom stereocenters. The van der Waals surface area contributed by atoms with Gasteiger partial charge in [0.05, 0.1) is 30.7 Å². The van der Waals surface area contributed by atoms with Crippen LogP contribution in [-0.2, 0) is 15.7 Å². The number of ether oxygens (including phenoxy) is 2. The number of nitrogens with one attached hydrogen (secondary N) is 1. The third kappa shape index (κ3) is 7.83. The average Bonchev–Trinajstić information content (AvgIpc) is 3.33. The predicted octanol–water partition coefficient (Wildman–Crippen LogP) is 5.59. The lowest BCUT2D eigenvalue weighted by Gasteiger charge is -2.27. The molecule has 2 aromatic rings. The van der Waals surface area contributed by atoms with Crippen LogP contribution < -0.4 is 15.0 Å². The summed E-state index contributed by atoms with van der Waals surface area (Å²) in [6.07, 6.45) is -1.97. The Morgan fingerprint density at radius 2 is 1.65 bits per heavy atom. The summed E-state index contributed by atoms with van der Waals surface area (Å²) in [6, 6.07) is 10.5. The molecule has 218 valence electrons. The first-order chi connectivity index (χ1) is 19.0. The van der Waals surface area contributed by atoms with E-state index in [0.717, 1.165) is 25.0 Å². The summed E-state index contributed by atoms with van der Waals surface area (Å²) in [5.74, 6) is -0.909. The van der Waals surface area contributed by atoms with Crippen molar-refractivity contribution in [3.8, 4) is 5.75 Å². The first kappa shape index (κ1) is 29.6. The number of carbonyl (C=O) groups is 2. The van der Waals surface area contributed by atoms with Crippen LogP contribution in [0.2, 0.25) is 0 Å². The number of benzene rings is 2. The molecule has 2 fully saturated rings. The lowest BCUT2D eigenvalue weighted by molar-refractivity contribution is -0.143. The lowest BCUT2D eigenvalue weighted by Crippen LogP contribution is -2.34. The second kappa shape index (κ2) is 12.8. The van der Waals surface area contributed by atoms with Crippen molar-refractivity contribution in [2.75, 3.05) is 24.6 Å². The van der Waals surface area contributed by atoms with Gasteiger partial charge in [-0.1, -0.05) is 0 Å². The molecule has 1 saturated heterocycles. The monoisotopic (exact) mass is 570 g/mol. The number of halogens is 5. The van der Waals surface area contributed by atoms with Crippen LogP contribution >= 0.6 is 0 Å². The molecule has 7 nitrogen and oxygen atoms in total. The molecule has 4 rings (SSSR count). The molecule has 2 aromatic carbocycles. The zero-order valence-electron chi connectivity index (χ0n) is 21.6.